The second kappa shape index (κ2) is 6.56. The van der Waals surface area contributed by atoms with Crippen molar-refractivity contribution in [1.82, 2.24) is 5.32 Å². The Morgan fingerprint density at radius 3 is 2.32 bits per heavy atom. The zero-order chi connectivity index (χ0) is 20.1. The van der Waals surface area contributed by atoms with Gasteiger partial charge >= 0.3 is 5.97 Å². The van der Waals surface area contributed by atoms with Gasteiger partial charge in [-0.1, -0.05) is 42.5 Å². The number of carbonyl (C=O) groups excluding carboxylic acids is 3. The molecular formula is C22H22N2O4. The number of carbonyl (C=O) groups is 3. The molecule has 2 aromatic rings. The van der Waals surface area contributed by atoms with Crippen molar-refractivity contribution < 1.29 is 19.1 Å². The molecular weight excluding hydrogens is 356 g/mol. The van der Waals surface area contributed by atoms with E-state index in [2.05, 4.69) is 5.32 Å². The van der Waals surface area contributed by atoms with Crippen LogP contribution in [0.15, 0.2) is 54.6 Å². The maximum Gasteiger partial charge on any atom is 0.326 e. The summed E-state index contributed by atoms with van der Waals surface area (Å²) in [5.41, 5.74) is 1.12. The average molecular weight is 378 g/mol. The lowest BCUT2D eigenvalue weighted by Crippen LogP contribution is -2.54. The summed E-state index contributed by atoms with van der Waals surface area (Å²) in [6, 6.07) is 16.1. The van der Waals surface area contributed by atoms with Crippen LogP contribution in [0.25, 0.3) is 0 Å². The summed E-state index contributed by atoms with van der Waals surface area (Å²) in [4.78, 5) is 40.6. The number of hydrogen-bond acceptors (Lipinski definition) is 5. The van der Waals surface area contributed by atoms with Gasteiger partial charge in [-0.05, 0) is 37.1 Å². The lowest BCUT2D eigenvalue weighted by atomic mass is 9.80. The second-order valence-corrected chi connectivity index (χ2v) is 7.52. The Hall–Kier alpha value is -2.99. The molecule has 2 fully saturated rings. The van der Waals surface area contributed by atoms with E-state index in [4.69, 9.17) is 4.74 Å². The fourth-order valence-corrected chi connectivity index (χ4v) is 4.57. The summed E-state index contributed by atoms with van der Waals surface area (Å²) < 4.78 is 5.00. The molecule has 1 N–H and O–H groups in total. The number of esters is 1. The zero-order valence-corrected chi connectivity index (χ0v) is 16.0. The minimum atomic E-state index is -1.29. The Kier molecular flexibility index (Phi) is 4.31. The number of fused-ring (bicyclic) bond motifs is 1. The van der Waals surface area contributed by atoms with Crippen molar-refractivity contribution in [3.05, 3.63) is 65.7 Å². The Morgan fingerprint density at radius 1 is 1.04 bits per heavy atom. The highest BCUT2D eigenvalue weighted by Crippen LogP contribution is 2.50. The largest absolute Gasteiger partial charge is 0.468 e. The van der Waals surface area contributed by atoms with Crippen LogP contribution in [0.1, 0.15) is 24.1 Å². The highest BCUT2D eigenvalue weighted by Gasteiger charge is 2.67. The van der Waals surface area contributed by atoms with Gasteiger partial charge in [-0.25, -0.2) is 4.90 Å². The predicted molar refractivity (Wildman–Crippen MR) is 103 cm³/mol. The van der Waals surface area contributed by atoms with Gasteiger partial charge in [0.1, 0.15) is 5.54 Å². The first-order chi connectivity index (χ1) is 13.4. The predicted octanol–water partition coefficient (Wildman–Crippen LogP) is 2.38. The molecule has 2 saturated heterocycles. The summed E-state index contributed by atoms with van der Waals surface area (Å²) in [6.07, 6.45) is 0. The fourth-order valence-electron chi connectivity index (χ4n) is 4.57. The van der Waals surface area contributed by atoms with Gasteiger partial charge in [-0.3, -0.25) is 19.7 Å². The number of imide groups is 1. The number of nitrogens with one attached hydrogen (secondary N) is 1. The molecule has 0 aromatic heterocycles. The van der Waals surface area contributed by atoms with E-state index in [1.54, 1.807) is 31.2 Å². The van der Waals surface area contributed by atoms with Crippen LogP contribution in [0.3, 0.4) is 0 Å². The minimum absolute atomic E-state index is 0.297. The number of aryl methyl sites for hydroxylation is 1. The van der Waals surface area contributed by atoms with Crippen molar-refractivity contribution in [2.24, 2.45) is 11.8 Å². The number of nitrogens with zero attached hydrogens (tertiary/aromatic N) is 1. The molecule has 6 heteroatoms. The van der Waals surface area contributed by atoms with E-state index in [1.165, 1.54) is 12.0 Å². The van der Waals surface area contributed by atoms with Gasteiger partial charge in [0.2, 0.25) is 11.8 Å². The van der Waals surface area contributed by atoms with E-state index in [9.17, 15) is 14.4 Å². The van der Waals surface area contributed by atoms with Crippen LogP contribution in [0, 0.1) is 18.8 Å². The maximum atomic E-state index is 13.4. The molecule has 2 heterocycles. The molecule has 4 rings (SSSR count). The van der Waals surface area contributed by atoms with Gasteiger partial charge in [0.05, 0.1) is 24.6 Å². The van der Waals surface area contributed by atoms with Gasteiger partial charge in [-0.15, -0.1) is 0 Å². The number of amides is 2. The van der Waals surface area contributed by atoms with Crippen LogP contribution >= 0.6 is 0 Å². The standard InChI is InChI=1S/C22H22N2O4/c1-13-9-7-8-12-15(13)18-16-17(22(2,23-18)21(27)28-3)20(26)24(19(16)25)14-10-5-4-6-11-14/h4-12,16-18,23H,1-3H3/t16-,17+,18+,22+/m0/s1. The molecule has 0 bridgehead atoms. The summed E-state index contributed by atoms with van der Waals surface area (Å²) >= 11 is 0. The summed E-state index contributed by atoms with van der Waals surface area (Å²) in [6.45, 7) is 3.60. The molecule has 2 aromatic carbocycles. The molecule has 0 unspecified atom stereocenters. The first kappa shape index (κ1) is 18.4. The fraction of sp³-hybridized carbons (Fsp3) is 0.318. The normalized spacial score (nSPS) is 29.1. The van der Waals surface area contributed by atoms with E-state index in [0.717, 1.165) is 11.1 Å². The first-order valence-electron chi connectivity index (χ1n) is 9.24. The van der Waals surface area contributed by atoms with Gasteiger partial charge in [0, 0.05) is 6.04 Å². The highest BCUT2D eigenvalue weighted by atomic mass is 16.5. The molecule has 0 spiro atoms. The van der Waals surface area contributed by atoms with Crippen LogP contribution in [-0.4, -0.2) is 30.4 Å². The molecule has 6 nitrogen and oxygen atoms in total. The van der Waals surface area contributed by atoms with Crippen molar-refractivity contribution >= 4 is 23.5 Å². The van der Waals surface area contributed by atoms with Gasteiger partial charge in [-0.2, -0.15) is 0 Å². The summed E-state index contributed by atoms with van der Waals surface area (Å²) in [7, 11) is 1.29. The molecule has 144 valence electrons. The Labute approximate surface area is 163 Å². The third kappa shape index (κ3) is 2.48. The molecule has 2 amide bonds. The van der Waals surface area contributed by atoms with Crippen molar-refractivity contribution in [2.75, 3.05) is 12.0 Å². The highest BCUT2D eigenvalue weighted by molar-refractivity contribution is 6.24. The van der Waals surface area contributed by atoms with E-state index < -0.39 is 29.4 Å². The number of benzene rings is 2. The number of para-hydroxylation sites is 1. The average Bonchev–Trinajstić information content (AvgIpc) is 3.16. The molecule has 4 atom stereocenters. The van der Waals surface area contributed by atoms with Crippen LogP contribution in [0.5, 0.6) is 0 Å². The van der Waals surface area contributed by atoms with Gasteiger partial charge < -0.3 is 4.74 Å². The molecule has 28 heavy (non-hydrogen) atoms. The SMILES string of the molecule is COC(=O)[C@]1(C)N[C@H](c2ccccc2C)[C@H]2C(=O)N(c3ccccc3)C(=O)[C@@H]21. The third-order valence-corrected chi connectivity index (χ3v) is 5.93. The summed E-state index contributed by atoms with van der Waals surface area (Å²) in [5, 5.41) is 3.27. The molecule has 0 aliphatic carbocycles. The first-order valence-corrected chi connectivity index (χ1v) is 9.24. The van der Waals surface area contributed by atoms with Crippen molar-refractivity contribution in [3.8, 4) is 0 Å². The zero-order valence-electron chi connectivity index (χ0n) is 16.0. The number of ether oxygens (including phenoxy) is 1. The minimum Gasteiger partial charge on any atom is -0.468 e. The molecule has 0 radical (unpaired) electrons. The van der Waals surface area contributed by atoms with Crippen LogP contribution < -0.4 is 10.2 Å². The Bertz CT molecular complexity index is 958. The van der Waals surface area contributed by atoms with Gasteiger partial charge in [0.25, 0.3) is 0 Å². The van der Waals surface area contributed by atoms with E-state index in [1.807, 2.05) is 37.3 Å². The van der Waals surface area contributed by atoms with E-state index in [0.29, 0.717) is 5.69 Å². The van der Waals surface area contributed by atoms with Crippen LogP contribution in [0.4, 0.5) is 5.69 Å². The Morgan fingerprint density at radius 2 is 1.68 bits per heavy atom. The van der Waals surface area contributed by atoms with Gasteiger partial charge in [0.15, 0.2) is 0 Å². The number of rotatable bonds is 3. The summed E-state index contributed by atoms with van der Waals surface area (Å²) in [5.74, 6) is -2.74. The lowest BCUT2D eigenvalue weighted by molar-refractivity contribution is -0.151. The number of anilines is 1. The second-order valence-electron chi connectivity index (χ2n) is 7.52. The van der Waals surface area contributed by atoms with Crippen LogP contribution in [0.2, 0.25) is 0 Å². The maximum absolute atomic E-state index is 13.4. The number of hydrogen-bond donors (Lipinski definition) is 1. The van der Waals surface area contributed by atoms with Crippen molar-refractivity contribution in [2.45, 2.75) is 25.4 Å². The molecule has 2 aliphatic rings. The third-order valence-electron chi connectivity index (χ3n) is 5.93. The smallest absolute Gasteiger partial charge is 0.326 e. The van der Waals surface area contributed by atoms with Crippen molar-refractivity contribution in [1.29, 1.82) is 0 Å². The van der Waals surface area contributed by atoms with E-state index in [-0.39, 0.29) is 11.8 Å². The lowest BCUT2D eigenvalue weighted by Gasteiger charge is -2.29. The van der Waals surface area contributed by atoms with Crippen molar-refractivity contribution in [3.63, 3.8) is 0 Å². The van der Waals surface area contributed by atoms with E-state index >= 15 is 0 Å². The molecule has 0 saturated carbocycles. The molecule has 2 aliphatic heterocycles. The Balaban J connectivity index is 1.85. The quantitative estimate of drug-likeness (QED) is 0.656. The number of methoxy groups -OCH3 is 1. The topological polar surface area (TPSA) is 75.7 Å². The van der Waals surface area contributed by atoms with Crippen LogP contribution in [-0.2, 0) is 19.1 Å². The monoisotopic (exact) mass is 378 g/mol.